The number of ether oxygens (including phenoxy) is 1. The van der Waals surface area contributed by atoms with E-state index in [9.17, 15) is 19.6 Å². The van der Waals surface area contributed by atoms with Gasteiger partial charge < -0.3 is 25.2 Å². The number of benzene rings is 2. The summed E-state index contributed by atoms with van der Waals surface area (Å²) in [6.45, 7) is 2.42. The molecule has 2 aliphatic heterocycles. The highest BCUT2D eigenvalue weighted by atomic mass is 16.5. The van der Waals surface area contributed by atoms with Crippen LogP contribution >= 0.6 is 0 Å². The van der Waals surface area contributed by atoms with Gasteiger partial charge in [-0.3, -0.25) is 9.59 Å². The van der Waals surface area contributed by atoms with E-state index in [1.54, 1.807) is 53.4 Å². The van der Waals surface area contributed by atoms with Crippen molar-refractivity contribution in [3.05, 3.63) is 65.7 Å². The molecule has 0 spiro atoms. The summed E-state index contributed by atoms with van der Waals surface area (Å²) in [5, 5.41) is 15.3. The zero-order chi connectivity index (χ0) is 24.1. The predicted octanol–water partition coefficient (Wildman–Crippen LogP) is 2.13. The van der Waals surface area contributed by atoms with Gasteiger partial charge in [0, 0.05) is 31.9 Å². The molecule has 176 valence electrons. The monoisotopic (exact) mass is 461 g/mol. The molecule has 34 heavy (non-hydrogen) atoms. The van der Waals surface area contributed by atoms with E-state index >= 15 is 0 Å². The summed E-state index contributed by atoms with van der Waals surface area (Å²) >= 11 is 0. The largest absolute Gasteiger partial charge is 0.469 e. The number of methoxy groups -OCH3 is 1. The van der Waals surface area contributed by atoms with Crippen LogP contribution in [-0.4, -0.2) is 67.0 Å². The van der Waals surface area contributed by atoms with E-state index in [-0.39, 0.29) is 12.3 Å². The lowest BCUT2D eigenvalue weighted by molar-refractivity contribution is -0.146. The van der Waals surface area contributed by atoms with E-state index in [1.165, 1.54) is 12.0 Å². The molecule has 0 bridgehead atoms. The van der Waals surface area contributed by atoms with Gasteiger partial charge in [-0.15, -0.1) is 0 Å². The second kappa shape index (κ2) is 10.4. The first-order chi connectivity index (χ1) is 16.5. The van der Waals surface area contributed by atoms with Gasteiger partial charge in [0.2, 0.25) is 5.91 Å². The highest BCUT2D eigenvalue weighted by Gasteiger charge is 2.52. The minimum Gasteiger partial charge on any atom is -0.469 e. The molecular formula is C25H27N5O4. The Labute approximate surface area is 198 Å². The summed E-state index contributed by atoms with van der Waals surface area (Å²) < 4.78 is 5.07. The molecule has 9 heteroatoms. The van der Waals surface area contributed by atoms with Crippen LogP contribution in [0.15, 0.2) is 54.6 Å². The molecule has 2 aromatic rings. The summed E-state index contributed by atoms with van der Waals surface area (Å²) in [6.07, 6.45) is 0.155. The molecule has 2 heterocycles. The number of likely N-dealkylation sites (tertiary alicyclic amines) is 1. The van der Waals surface area contributed by atoms with Gasteiger partial charge in [0.1, 0.15) is 6.04 Å². The van der Waals surface area contributed by atoms with Gasteiger partial charge in [-0.05, 0) is 36.2 Å². The molecule has 2 saturated heterocycles. The Morgan fingerprint density at radius 3 is 2.35 bits per heavy atom. The Bertz CT molecular complexity index is 1080. The van der Waals surface area contributed by atoms with Crippen molar-refractivity contribution in [2.45, 2.75) is 18.5 Å². The molecule has 0 aromatic heterocycles. The van der Waals surface area contributed by atoms with E-state index in [4.69, 9.17) is 4.74 Å². The van der Waals surface area contributed by atoms with Crippen molar-refractivity contribution in [2.24, 2.45) is 5.92 Å². The van der Waals surface area contributed by atoms with E-state index in [2.05, 4.69) is 16.7 Å². The van der Waals surface area contributed by atoms with Crippen molar-refractivity contribution in [1.82, 2.24) is 15.1 Å². The number of rotatable bonds is 4. The van der Waals surface area contributed by atoms with Gasteiger partial charge in [-0.1, -0.05) is 30.3 Å². The summed E-state index contributed by atoms with van der Waals surface area (Å²) in [7, 11) is 1.30. The number of nitriles is 1. The number of urea groups is 1. The lowest BCUT2D eigenvalue weighted by Crippen LogP contribution is -2.54. The molecule has 3 unspecified atom stereocenters. The number of hydrogen-bond donors (Lipinski definition) is 2. The third-order valence-electron chi connectivity index (χ3n) is 6.35. The van der Waals surface area contributed by atoms with Gasteiger partial charge in [0.05, 0.1) is 30.7 Å². The number of nitrogens with zero attached hydrogens (tertiary/aromatic N) is 3. The third kappa shape index (κ3) is 4.72. The number of piperazine rings is 1. The van der Waals surface area contributed by atoms with Crippen LogP contribution in [0.3, 0.4) is 0 Å². The van der Waals surface area contributed by atoms with Crippen LogP contribution in [0, 0.1) is 17.2 Å². The lowest BCUT2D eigenvalue weighted by Gasteiger charge is -2.35. The first kappa shape index (κ1) is 23.3. The molecule has 2 N–H and O–H groups in total. The van der Waals surface area contributed by atoms with Gasteiger partial charge in [-0.25, -0.2) is 4.79 Å². The predicted molar refractivity (Wildman–Crippen MR) is 125 cm³/mol. The Balaban J connectivity index is 1.74. The standard InChI is InChI=1S/C25H27N5O4/c1-34-24(32)20-15-21(23(31)29-13-11-27-12-14-29)30(25(33)28-19-5-3-2-4-6-19)22(20)18-9-7-17(16-26)8-10-18/h2-10,20-22,27H,11-15H2,1H3,(H,28,33). The second-order valence-corrected chi connectivity index (χ2v) is 8.34. The number of carbonyl (C=O) groups is 3. The summed E-state index contributed by atoms with van der Waals surface area (Å²) in [5.41, 5.74) is 1.71. The van der Waals surface area contributed by atoms with Crippen LogP contribution < -0.4 is 10.6 Å². The molecule has 2 fully saturated rings. The van der Waals surface area contributed by atoms with Crippen molar-refractivity contribution in [2.75, 3.05) is 38.6 Å². The van der Waals surface area contributed by atoms with Gasteiger partial charge in [0.15, 0.2) is 0 Å². The molecule has 4 rings (SSSR count). The minimum absolute atomic E-state index is 0.155. The smallest absolute Gasteiger partial charge is 0.323 e. The second-order valence-electron chi connectivity index (χ2n) is 8.34. The average Bonchev–Trinajstić information content (AvgIpc) is 3.29. The molecule has 0 radical (unpaired) electrons. The van der Waals surface area contributed by atoms with Gasteiger partial charge in [0.25, 0.3) is 0 Å². The van der Waals surface area contributed by atoms with Crippen LogP contribution in [-0.2, 0) is 14.3 Å². The number of para-hydroxylation sites is 1. The lowest BCUT2D eigenvalue weighted by atomic mass is 9.92. The Morgan fingerprint density at radius 1 is 1.06 bits per heavy atom. The van der Waals surface area contributed by atoms with Crippen LogP contribution in [0.4, 0.5) is 10.5 Å². The zero-order valence-electron chi connectivity index (χ0n) is 18.9. The molecule has 2 aliphatic rings. The van der Waals surface area contributed by atoms with Crippen LogP contribution in [0.25, 0.3) is 0 Å². The zero-order valence-corrected chi connectivity index (χ0v) is 18.9. The van der Waals surface area contributed by atoms with Crippen molar-refractivity contribution in [3.8, 4) is 6.07 Å². The maximum absolute atomic E-state index is 13.6. The summed E-state index contributed by atoms with van der Waals surface area (Å²) in [5.74, 6) is -1.39. The van der Waals surface area contributed by atoms with E-state index in [0.717, 1.165) is 0 Å². The van der Waals surface area contributed by atoms with Crippen molar-refractivity contribution >= 4 is 23.6 Å². The number of esters is 1. The van der Waals surface area contributed by atoms with Crippen LogP contribution in [0.5, 0.6) is 0 Å². The average molecular weight is 462 g/mol. The molecule has 9 nitrogen and oxygen atoms in total. The normalized spacial score (nSPS) is 22.1. The van der Waals surface area contributed by atoms with E-state index in [1.807, 2.05) is 6.07 Å². The number of nitrogens with one attached hydrogen (secondary N) is 2. The molecule has 0 aliphatic carbocycles. The van der Waals surface area contributed by atoms with Gasteiger partial charge >= 0.3 is 12.0 Å². The van der Waals surface area contributed by atoms with E-state index < -0.39 is 30.0 Å². The summed E-state index contributed by atoms with van der Waals surface area (Å²) in [4.78, 5) is 43.2. The van der Waals surface area contributed by atoms with Crippen molar-refractivity contribution in [1.29, 1.82) is 5.26 Å². The van der Waals surface area contributed by atoms with Crippen LogP contribution in [0.2, 0.25) is 0 Å². The van der Waals surface area contributed by atoms with Crippen LogP contribution in [0.1, 0.15) is 23.6 Å². The number of carbonyl (C=O) groups excluding carboxylic acids is 3. The molecule has 0 saturated carbocycles. The van der Waals surface area contributed by atoms with Crippen molar-refractivity contribution < 1.29 is 19.1 Å². The Kier molecular flexibility index (Phi) is 7.09. The van der Waals surface area contributed by atoms with E-state index in [0.29, 0.717) is 43.0 Å². The fraction of sp³-hybridized carbons (Fsp3) is 0.360. The first-order valence-corrected chi connectivity index (χ1v) is 11.2. The molecule has 3 atom stereocenters. The molecular weight excluding hydrogens is 434 g/mol. The number of hydrogen-bond acceptors (Lipinski definition) is 6. The Morgan fingerprint density at radius 2 is 1.74 bits per heavy atom. The SMILES string of the molecule is COC(=O)C1CC(C(=O)N2CCNCC2)N(C(=O)Nc2ccccc2)C1c1ccc(C#N)cc1. The fourth-order valence-electron chi connectivity index (χ4n) is 4.69. The maximum Gasteiger partial charge on any atom is 0.323 e. The molecule has 2 aromatic carbocycles. The third-order valence-corrected chi connectivity index (χ3v) is 6.35. The topological polar surface area (TPSA) is 115 Å². The highest BCUT2D eigenvalue weighted by Crippen LogP contribution is 2.43. The Hall–Kier alpha value is -3.90. The minimum atomic E-state index is -0.827. The summed E-state index contributed by atoms with van der Waals surface area (Å²) in [6, 6.07) is 15.8. The first-order valence-electron chi connectivity index (χ1n) is 11.2. The van der Waals surface area contributed by atoms with Gasteiger partial charge in [-0.2, -0.15) is 5.26 Å². The maximum atomic E-state index is 13.6. The number of amides is 3. The number of anilines is 1. The van der Waals surface area contributed by atoms with Crippen molar-refractivity contribution in [3.63, 3.8) is 0 Å². The highest BCUT2D eigenvalue weighted by molar-refractivity contribution is 5.96. The quantitative estimate of drug-likeness (QED) is 0.674. The fourth-order valence-corrected chi connectivity index (χ4v) is 4.69. The molecule has 3 amide bonds.